The first-order valence-electron chi connectivity index (χ1n) is 7.51. The molecular formula is C15H27NO3. The lowest BCUT2D eigenvalue weighted by Gasteiger charge is -2.22. The number of esters is 1. The van der Waals surface area contributed by atoms with E-state index in [1.54, 1.807) is 0 Å². The summed E-state index contributed by atoms with van der Waals surface area (Å²) in [5, 5.41) is 2.93. The predicted octanol–water partition coefficient (Wildman–Crippen LogP) is 2.80. The molecule has 0 aromatic heterocycles. The second kappa shape index (κ2) is 8.94. The molecule has 0 bridgehead atoms. The molecule has 19 heavy (non-hydrogen) atoms. The Labute approximate surface area is 116 Å². The number of methoxy groups -OCH3 is 1. The number of hydrogen-bond donors (Lipinski definition) is 1. The molecule has 1 unspecified atom stereocenters. The lowest BCUT2D eigenvalue weighted by Crippen LogP contribution is -2.36. The van der Waals surface area contributed by atoms with Crippen LogP contribution in [0.5, 0.6) is 0 Å². The van der Waals surface area contributed by atoms with Crippen molar-refractivity contribution in [2.45, 2.75) is 70.8 Å². The molecule has 0 aromatic carbocycles. The summed E-state index contributed by atoms with van der Waals surface area (Å²) in [6, 6.07) is -0.0914. The van der Waals surface area contributed by atoms with Crippen molar-refractivity contribution in [3.05, 3.63) is 0 Å². The zero-order chi connectivity index (χ0) is 14.1. The summed E-state index contributed by atoms with van der Waals surface area (Å²) in [5.41, 5.74) is 0. The molecule has 4 heteroatoms. The lowest BCUT2D eigenvalue weighted by atomic mass is 9.86. The highest BCUT2D eigenvalue weighted by Crippen LogP contribution is 2.27. The van der Waals surface area contributed by atoms with Crippen molar-refractivity contribution >= 4 is 11.9 Å². The molecule has 1 amide bonds. The molecule has 1 rings (SSSR count). The van der Waals surface area contributed by atoms with Crippen LogP contribution in [0.4, 0.5) is 0 Å². The summed E-state index contributed by atoms with van der Waals surface area (Å²) in [6.45, 7) is 1.97. The fourth-order valence-electron chi connectivity index (χ4n) is 2.69. The van der Waals surface area contributed by atoms with Crippen molar-refractivity contribution < 1.29 is 14.3 Å². The van der Waals surface area contributed by atoms with E-state index in [1.165, 1.54) is 39.2 Å². The van der Waals surface area contributed by atoms with E-state index in [0.717, 1.165) is 18.8 Å². The van der Waals surface area contributed by atoms with Crippen LogP contribution < -0.4 is 5.32 Å². The quantitative estimate of drug-likeness (QED) is 0.723. The van der Waals surface area contributed by atoms with E-state index in [1.807, 2.05) is 6.92 Å². The normalized spacial score (nSPS) is 17.8. The Morgan fingerprint density at radius 1 is 1.26 bits per heavy atom. The van der Waals surface area contributed by atoms with Gasteiger partial charge in [0.05, 0.1) is 13.5 Å². The maximum Gasteiger partial charge on any atom is 0.307 e. The van der Waals surface area contributed by atoms with Crippen LogP contribution in [-0.4, -0.2) is 25.0 Å². The third kappa shape index (κ3) is 6.60. The number of nitrogens with one attached hydrogen (secondary N) is 1. The van der Waals surface area contributed by atoms with E-state index >= 15 is 0 Å². The summed E-state index contributed by atoms with van der Waals surface area (Å²) in [4.78, 5) is 23.1. The van der Waals surface area contributed by atoms with Crippen LogP contribution >= 0.6 is 0 Å². The Hall–Kier alpha value is -1.06. The summed E-state index contributed by atoms with van der Waals surface area (Å²) in [6.07, 6.45) is 9.10. The van der Waals surface area contributed by atoms with Gasteiger partial charge in [0.15, 0.2) is 0 Å². The standard InChI is InChI=1S/C15H27NO3/c1-3-13(11-15(18)19-2)16-14(17)10-9-12-7-5-4-6-8-12/h12-13H,3-11H2,1-2H3,(H,16,17). The second-order valence-corrected chi connectivity index (χ2v) is 5.50. The highest BCUT2D eigenvalue weighted by atomic mass is 16.5. The second-order valence-electron chi connectivity index (χ2n) is 5.50. The number of carbonyl (C=O) groups excluding carboxylic acids is 2. The molecule has 0 aromatic rings. The number of carbonyl (C=O) groups is 2. The Bertz CT molecular complexity index is 285. The van der Waals surface area contributed by atoms with Gasteiger partial charge in [-0.1, -0.05) is 39.0 Å². The SMILES string of the molecule is CCC(CC(=O)OC)NC(=O)CCC1CCCCC1. The van der Waals surface area contributed by atoms with E-state index in [4.69, 9.17) is 0 Å². The van der Waals surface area contributed by atoms with Gasteiger partial charge in [0, 0.05) is 12.5 Å². The van der Waals surface area contributed by atoms with Crippen LogP contribution in [-0.2, 0) is 14.3 Å². The Kier molecular flexibility index (Phi) is 7.53. The summed E-state index contributed by atoms with van der Waals surface area (Å²) in [5.74, 6) is 0.529. The Balaban J connectivity index is 2.22. The van der Waals surface area contributed by atoms with E-state index in [-0.39, 0.29) is 24.3 Å². The third-order valence-corrected chi connectivity index (χ3v) is 4.00. The summed E-state index contributed by atoms with van der Waals surface area (Å²) < 4.78 is 4.63. The largest absolute Gasteiger partial charge is 0.469 e. The minimum atomic E-state index is -0.264. The average Bonchev–Trinajstić information content (AvgIpc) is 2.45. The van der Waals surface area contributed by atoms with E-state index in [2.05, 4.69) is 10.1 Å². The Morgan fingerprint density at radius 3 is 2.53 bits per heavy atom. The van der Waals surface area contributed by atoms with Crippen molar-refractivity contribution in [3.63, 3.8) is 0 Å². The first-order valence-corrected chi connectivity index (χ1v) is 7.51. The fraction of sp³-hybridized carbons (Fsp3) is 0.867. The van der Waals surface area contributed by atoms with Gasteiger partial charge >= 0.3 is 5.97 Å². The molecule has 1 fully saturated rings. The molecule has 110 valence electrons. The molecule has 1 N–H and O–H groups in total. The molecular weight excluding hydrogens is 242 g/mol. The number of hydrogen-bond acceptors (Lipinski definition) is 3. The molecule has 1 saturated carbocycles. The van der Waals surface area contributed by atoms with Gasteiger partial charge in [0.25, 0.3) is 0 Å². The highest BCUT2D eigenvalue weighted by Gasteiger charge is 2.17. The molecule has 1 aliphatic rings. The van der Waals surface area contributed by atoms with Gasteiger partial charge in [0.2, 0.25) is 5.91 Å². The smallest absolute Gasteiger partial charge is 0.307 e. The molecule has 0 heterocycles. The van der Waals surface area contributed by atoms with Gasteiger partial charge in [0.1, 0.15) is 0 Å². The van der Waals surface area contributed by atoms with Crippen LogP contribution in [0.25, 0.3) is 0 Å². The highest BCUT2D eigenvalue weighted by molar-refractivity contribution is 5.77. The topological polar surface area (TPSA) is 55.4 Å². The van der Waals surface area contributed by atoms with Crippen LogP contribution in [0.1, 0.15) is 64.7 Å². The van der Waals surface area contributed by atoms with Crippen molar-refractivity contribution in [1.29, 1.82) is 0 Å². The zero-order valence-corrected chi connectivity index (χ0v) is 12.2. The maximum absolute atomic E-state index is 11.9. The summed E-state index contributed by atoms with van der Waals surface area (Å²) >= 11 is 0. The fourth-order valence-corrected chi connectivity index (χ4v) is 2.69. The molecule has 0 radical (unpaired) electrons. The first-order chi connectivity index (χ1) is 9.15. The van der Waals surface area contributed by atoms with Gasteiger partial charge in [-0.15, -0.1) is 0 Å². The average molecular weight is 269 g/mol. The van der Waals surface area contributed by atoms with Crippen LogP contribution in [0.15, 0.2) is 0 Å². The van der Waals surface area contributed by atoms with Crippen molar-refractivity contribution in [2.24, 2.45) is 5.92 Å². The molecule has 0 spiro atoms. The molecule has 4 nitrogen and oxygen atoms in total. The van der Waals surface area contributed by atoms with E-state index in [0.29, 0.717) is 6.42 Å². The van der Waals surface area contributed by atoms with Crippen molar-refractivity contribution in [2.75, 3.05) is 7.11 Å². The number of amides is 1. The maximum atomic E-state index is 11.9. The first kappa shape index (κ1) is 16.0. The van der Waals surface area contributed by atoms with Gasteiger partial charge < -0.3 is 10.1 Å². The van der Waals surface area contributed by atoms with Gasteiger partial charge in [-0.2, -0.15) is 0 Å². The van der Waals surface area contributed by atoms with Gasteiger partial charge in [-0.05, 0) is 18.8 Å². The monoisotopic (exact) mass is 269 g/mol. The van der Waals surface area contributed by atoms with Crippen LogP contribution in [0, 0.1) is 5.92 Å². The predicted molar refractivity (Wildman–Crippen MR) is 74.7 cm³/mol. The van der Waals surface area contributed by atoms with Gasteiger partial charge in [-0.25, -0.2) is 0 Å². The van der Waals surface area contributed by atoms with Crippen molar-refractivity contribution in [1.82, 2.24) is 5.32 Å². The zero-order valence-electron chi connectivity index (χ0n) is 12.2. The minimum absolute atomic E-state index is 0.0707. The lowest BCUT2D eigenvalue weighted by molar-refractivity contribution is -0.141. The molecule has 0 aliphatic heterocycles. The van der Waals surface area contributed by atoms with Crippen molar-refractivity contribution in [3.8, 4) is 0 Å². The van der Waals surface area contributed by atoms with E-state index in [9.17, 15) is 9.59 Å². The number of rotatable bonds is 7. The molecule has 1 aliphatic carbocycles. The number of ether oxygens (including phenoxy) is 1. The molecule has 1 atom stereocenters. The van der Waals surface area contributed by atoms with Gasteiger partial charge in [-0.3, -0.25) is 9.59 Å². The molecule has 0 saturated heterocycles. The third-order valence-electron chi connectivity index (χ3n) is 4.00. The van der Waals surface area contributed by atoms with Crippen LogP contribution in [0.3, 0.4) is 0 Å². The Morgan fingerprint density at radius 2 is 1.95 bits per heavy atom. The van der Waals surface area contributed by atoms with E-state index < -0.39 is 0 Å². The summed E-state index contributed by atoms with van der Waals surface area (Å²) in [7, 11) is 1.37. The minimum Gasteiger partial charge on any atom is -0.469 e. The van der Waals surface area contributed by atoms with Crippen LogP contribution in [0.2, 0.25) is 0 Å².